The summed E-state index contributed by atoms with van der Waals surface area (Å²) in [5, 5.41) is 3.85. The normalized spacial score (nSPS) is 10.5. The third-order valence-electron chi connectivity index (χ3n) is 3.37. The molecule has 3 rings (SSSR count). The topological polar surface area (TPSA) is 68.0 Å². The third-order valence-corrected chi connectivity index (χ3v) is 4.35. The van der Waals surface area contributed by atoms with Gasteiger partial charge in [-0.2, -0.15) is 0 Å². The van der Waals surface area contributed by atoms with Crippen LogP contribution in [0, 0.1) is 13.8 Å². The Morgan fingerprint density at radius 1 is 1.09 bits per heavy atom. The number of carbonyl (C=O) groups excluding carboxylic acids is 1. The summed E-state index contributed by atoms with van der Waals surface area (Å²) in [6.45, 7) is 4.08. The summed E-state index contributed by atoms with van der Waals surface area (Å²) in [7, 11) is 0. The van der Waals surface area contributed by atoms with Crippen molar-refractivity contribution in [3.63, 3.8) is 0 Å². The zero-order valence-corrected chi connectivity index (χ0v) is 13.8. The molecule has 5 heteroatoms. The highest BCUT2D eigenvalue weighted by molar-refractivity contribution is 7.18. The molecule has 0 amide bonds. The van der Waals surface area contributed by atoms with Gasteiger partial charge in [0.1, 0.15) is 10.7 Å². The Morgan fingerprint density at radius 3 is 2.39 bits per heavy atom. The number of thiazole rings is 1. The Bertz CT molecular complexity index is 836. The van der Waals surface area contributed by atoms with Crippen LogP contribution in [0.5, 0.6) is 0 Å². The number of nitrogens with zero attached hydrogens (tertiary/aromatic N) is 1. The number of hydrogen-bond donors (Lipinski definition) is 2. The molecule has 0 unspecified atom stereocenters. The summed E-state index contributed by atoms with van der Waals surface area (Å²) in [6, 6.07) is 15.3. The van der Waals surface area contributed by atoms with Crippen molar-refractivity contribution >= 4 is 33.8 Å². The van der Waals surface area contributed by atoms with E-state index in [-0.39, 0.29) is 11.6 Å². The van der Waals surface area contributed by atoms with E-state index < -0.39 is 0 Å². The molecule has 0 aliphatic heterocycles. The van der Waals surface area contributed by atoms with E-state index in [0.717, 1.165) is 16.8 Å². The number of benzene rings is 2. The molecule has 23 heavy (non-hydrogen) atoms. The van der Waals surface area contributed by atoms with Crippen LogP contribution in [-0.2, 0) is 0 Å². The van der Waals surface area contributed by atoms with Crippen molar-refractivity contribution in [1.29, 1.82) is 0 Å². The summed E-state index contributed by atoms with van der Waals surface area (Å²) < 4.78 is 0. The van der Waals surface area contributed by atoms with E-state index in [0.29, 0.717) is 15.6 Å². The lowest BCUT2D eigenvalue weighted by atomic mass is 10.1. The zero-order chi connectivity index (χ0) is 16.4. The number of ketones is 1. The van der Waals surface area contributed by atoms with Crippen LogP contribution in [0.2, 0.25) is 0 Å². The second-order valence-corrected chi connectivity index (χ2v) is 6.43. The zero-order valence-electron chi connectivity index (χ0n) is 13.0. The molecular weight excluding hydrogens is 306 g/mol. The SMILES string of the molecule is Cc1cc(C)cc(Nc2nc(N)c(C(=O)c3ccccc3)s2)c1. The number of nitrogens with one attached hydrogen (secondary N) is 1. The highest BCUT2D eigenvalue weighted by atomic mass is 32.1. The van der Waals surface area contributed by atoms with Crippen LogP contribution in [0.15, 0.2) is 48.5 Å². The van der Waals surface area contributed by atoms with Crippen molar-refractivity contribution in [3.8, 4) is 0 Å². The molecular formula is C18H17N3OS. The van der Waals surface area contributed by atoms with Gasteiger partial charge >= 0.3 is 0 Å². The molecule has 1 aromatic heterocycles. The van der Waals surface area contributed by atoms with Gasteiger partial charge in [0.25, 0.3) is 0 Å². The van der Waals surface area contributed by atoms with E-state index >= 15 is 0 Å². The van der Waals surface area contributed by atoms with Gasteiger partial charge in [0, 0.05) is 11.3 Å². The van der Waals surface area contributed by atoms with E-state index in [1.807, 2.05) is 44.2 Å². The molecule has 4 nitrogen and oxygen atoms in total. The van der Waals surface area contributed by atoms with Crippen molar-refractivity contribution in [3.05, 3.63) is 70.1 Å². The van der Waals surface area contributed by atoms with Crippen molar-refractivity contribution < 1.29 is 4.79 Å². The minimum Gasteiger partial charge on any atom is -0.382 e. The van der Waals surface area contributed by atoms with Crippen LogP contribution in [0.25, 0.3) is 0 Å². The van der Waals surface area contributed by atoms with E-state index in [4.69, 9.17) is 5.73 Å². The number of hydrogen-bond acceptors (Lipinski definition) is 5. The van der Waals surface area contributed by atoms with Crippen molar-refractivity contribution in [1.82, 2.24) is 4.98 Å². The molecule has 0 radical (unpaired) electrons. The molecule has 0 atom stereocenters. The van der Waals surface area contributed by atoms with E-state index in [1.165, 1.54) is 11.3 Å². The highest BCUT2D eigenvalue weighted by Crippen LogP contribution is 2.30. The Hall–Kier alpha value is -2.66. The number of aryl methyl sites for hydroxylation is 2. The van der Waals surface area contributed by atoms with Gasteiger partial charge in [-0.15, -0.1) is 0 Å². The molecule has 0 bridgehead atoms. The number of nitrogens with two attached hydrogens (primary N) is 1. The van der Waals surface area contributed by atoms with Gasteiger partial charge in [-0.3, -0.25) is 4.79 Å². The lowest BCUT2D eigenvalue weighted by Crippen LogP contribution is -2.02. The van der Waals surface area contributed by atoms with Crippen molar-refractivity contribution in [2.24, 2.45) is 0 Å². The molecule has 0 spiro atoms. The maximum atomic E-state index is 12.5. The van der Waals surface area contributed by atoms with Crippen LogP contribution in [0.4, 0.5) is 16.6 Å². The summed E-state index contributed by atoms with van der Waals surface area (Å²) in [5.41, 5.74) is 9.81. The molecule has 0 saturated heterocycles. The Balaban J connectivity index is 1.88. The molecule has 0 saturated carbocycles. The Morgan fingerprint density at radius 2 is 1.74 bits per heavy atom. The van der Waals surface area contributed by atoms with E-state index in [9.17, 15) is 4.79 Å². The molecule has 3 aromatic rings. The summed E-state index contributed by atoms with van der Waals surface area (Å²) in [6.07, 6.45) is 0. The lowest BCUT2D eigenvalue weighted by Gasteiger charge is -2.05. The van der Waals surface area contributed by atoms with Gasteiger partial charge < -0.3 is 11.1 Å². The monoisotopic (exact) mass is 323 g/mol. The minimum atomic E-state index is -0.103. The van der Waals surface area contributed by atoms with Crippen LogP contribution >= 0.6 is 11.3 Å². The van der Waals surface area contributed by atoms with Gasteiger partial charge in [0.15, 0.2) is 5.13 Å². The van der Waals surface area contributed by atoms with E-state index in [1.54, 1.807) is 12.1 Å². The maximum absolute atomic E-state index is 12.5. The maximum Gasteiger partial charge on any atom is 0.206 e. The number of nitrogen functional groups attached to an aromatic ring is 1. The average molecular weight is 323 g/mol. The van der Waals surface area contributed by atoms with Gasteiger partial charge in [0.2, 0.25) is 5.78 Å². The smallest absolute Gasteiger partial charge is 0.206 e. The predicted octanol–water partition coefficient (Wildman–Crippen LogP) is 4.32. The van der Waals surface area contributed by atoms with Gasteiger partial charge in [0.05, 0.1) is 0 Å². The highest BCUT2D eigenvalue weighted by Gasteiger charge is 2.17. The van der Waals surface area contributed by atoms with Crippen molar-refractivity contribution in [2.75, 3.05) is 11.1 Å². The van der Waals surface area contributed by atoms with Crippen molar-refractivity contribution in [2.45, 2.75) is 13.8 Å². The molecule has 2 aromatic carbocycles. The molecule has 3 N–H and O–H groups in total. The first-order valence-corrected chi connectivity index (χ1v) is 8.06. The number of anilines is 3. The predicted molar refractivity (Wildman–Crippen MR) is 95.6 cm³/mol. The standard InChI is InChI=1S/C18H17N3OS/c1-11-8-12(2)10-14(9-11)20-18-21-17(19)16(23-18)15(22)13-6-4-3-5-7-13/h3-10H,19H2,1-2H3,(H,20,21). The second-order valence-electron chi connectivity index (χ2n) is 5.43. The largest absolute Gasteiger partial charge is 0.382 e. The average Bonchev–Trinajstić information content (AvgIpc) is 2.87. The molecule has 1 heterocycles. The fourth-order valence-electron chi connectivity index (χ4n) is 2.44. The fraction of sp³-hybridized carbons (Fsp3) is 0.111. The van der Waals surface area contributed by atoms with Crippen LogP contribution < -0.4 is 11.1 Å². The first-order chi connectivity index (χ1) is 11.0. The first kappa shape index (κ1) is 15.2. The fourth-order valence-corrected chi connectivity index (χ4v) is 3.31. The van der Waals surface area contributed by atoms with Crippen LogP contribution in [-0.4, -0.2) is 10.8 Å². The lowest BCUT2D eigenvalue weighted by molar-refractivity contribution is 0.104. The quantitative estimate of drug-likeness (QED) is 0.702. The number of rotatable bonds is 4. The van der Waals surface area contributed by atoms with Crippen LogP contribution in [0.3, 0.4) is 0 Å². The molecule has 116 valence electrons. The third kappa shape index (κ3) is 3.40. The molecule has 0 aliphatic rings. The van der Waals surface area contributed by atoms with E-state index in [2.05, 4.69) is 16.4 Å². The molecule has 0 fully saturated rings. The summed E-state index contributed by atoms with van der Waals surface area (Å²) in [4.78, 5) is 17.2. The van der Waals surface area contributed by atoms with Gasteiger partial charge in [-0.05, 0) is 37.1 Å². The summed E-state index contributed by atoms with van der Waals surface area (Å²) in [5.74, 6) is 0.157. The first-order valence-electron chi connectivity index (χ1n) is 7.24. The Kier molecular flexibility index (Phi) is 4.12. The number of aromatic nitrogens is 1. The van der Waals surface area contributed by atoms with Crippen LogP contribution in [0.1, 0.15) is 26.4 Å². The number of carbonyl (C=O) groups is 1. The van der Waals surface area contributed by atoms with Gasteiger partial charge in [-0.25, -0.2) is 4.98 Å². The Labute approximate surface area is 139 Å². The second kappa shape index (κ2) is 6.22. The van der Waals surface area contributed by atoms with Gasteiger partial charge in [-0.1, -0.05) is 47.7 Å². The molecule has 0 aliphatic carbocycles. The minimum absolute atomic E-state index is 0.103. The summed E-state index contributed by atoms with van der Waals surface area (Å²) >= 11 is 1.27.